The first-order chi connectivity index (χ1) is 8.15. The van der Waals surface area contributed by atoms with Crippen LogP contribution >= 0.6 is 24.8 Å². The summed E-state index contributed by atoms with van der Waals surface area (Å²) in [7, 11) is 0. The maximum absolute atomic E-state index is 12.1. The minimum atomic E-state index is -0.184. The van der Waals surface area contributed by atoms with Crippen molar-refractivity contribution in [3.05, 3.63) is 0 Å². The molecule has 2 fully saturated rings. The Hall–Kier alpha value is -0.0300. The van der Waals surface area contributed by atoms with Gasteiger partial charge in [0.25, 0.3) is 0 Å². The zero-order valence-electron chi connectivity index (χ0n) is 11.9. The molecule has 2 aliphatic rings. The van der Waals surface area contributed by atoms with Crippen LogP contribution in [-0.2, 0) is 4.79 Å². The van der Waals surface area contributed by atoms with Gasteiger partial charge in [-0.15, -0.1) is 24.8 Å². The Morgan fingerprint density at radius 3 is 2.58 bits per heavy atom. The number of halogens is 2. The van der Waals surface area contributed by atoms with Gasteiger partial charge in [0.1, 0.15) is 0 Å². The first kappa shape index (κ1) is 19.0. The predicted octanol–water partition coefficient (Wildman–Crippen LogP) is 1.43. The highest BCUT2D eigenvalue weighted by atomic mass is 35.5. The number of carbonyl (C=O) groups is 1. The summed E-state index contributed by atoms with van der Waals surface area (Å²) in [5.41, 5.74) is -0.184. The highest BCUT2D eigenvalue weighted by Gasteiger charge is 2.36. The smallest absolute Gasteiger partial charge is 0.227 e. The Morgan fingerprint density at radius 2 is 2.11 bits per heavy atom. The van der Waals surface area contributed by atoms with Gasteiger partial charge in [-0.2, -0.15) is 0 Å². The monoisotopic (exact) mass is 311 g/mol. The highest BCUT2D eigenvalue weighted by Crippen LogP contribution is 2.26. The molecule has 2 N–H and O–H groups in total. The summed E-state index contributed by atoms with van der Waals surface area (Å²) in [5, 5.41) is 6.35. The summed E-state index contributed by atoms with van der Waals surface area (Å²) in [5.74, 6) is 0.217. The van der Waals surface area contributed by atoms with Gasteiger partial charge >= 0.3 is 0 Å². The summed E-state index contributed by atoms with van der Waals surface area (Å²) >= 11 is 0. The quantitative estimate of drug-likeness (QED) is 0.780. The number of hydrogen-bond acceptors (Lipinski definition) is 3. The van der Waals surface area contributed by atoms with Crippen LogP contribution in [0.4, 0.5) is 0 Å². The van der Waals surface area contributed by atoms with E-state index in [-0.39, 0.29) is 36.1 Å². The van der Waals surface area contributed by atoms with Gasteiger partial charge in [0, 0.05) is 25.7 Å². The highest BCUT2D eigenvalue weighted by molar-refractivity contribution is 5.85. The molecule has 0 aromatic carbocycles. The van der Waals surface area contributed by atoms with E-state index in [1.807, 2.05) is 0 Å². The van der Waals surface area contributed by atoms with E-state index in [0.717, 1.165) is 45.2 Å². The summed E-state index contributed by atoms with van der Waals surface area (Å²) in [6.45, 7) is 8.92. The Kier molecular flexibility index (Phi) is 8.29. The van der Waals surface area contributed by atoms with Crippen LogP contribution in [0.3, 0.4) is 0 Å². The fourth-order valence-corrected chi connectivity index (χ4v) is 2.58. The average Bonchev–Trinajstić information content (AvgIpc) is 3.06. The van der Waals surface area contributed by atoms with Gasteiger partial charge in [-0.3, -0.25) is 9.69 Å². The molecule has 4 nitrogen and oxygen atoms in total. The van der Waals surface area contributed by atoms with Crippen LogP contribution in [0.15, 0.2) is 0 Å². The minimum absolute atomic E-state index is 0. The molecule has 1 aliphatic heterocycles. The molecule has 114 valence electrons. The summed E-state index contributed by atoms with van der Waals surface area (Å²) in [6, 6.07) is 0.792. The molecule has 0 bridgehead atoms. The summed E-state index contributed by atoms with van der Waals surface area (Å²) in [4.78, 5) is 14.5. The lowest BCUT2D eigenvalue weighted by molar-refractivity contribution is -0.129. The molecule has 0 aromatic heterocycles. The number of nitrogens with one attached hydrogen (secondary N) is 2. The molecule has 0 spiro atoms. The van der Waals surface area contributed by atoms with E-state index in [2.05, 4.69) is 29.4 Å². The number of hydrogen-bond donors (Lipinski definition) is 2. The molecular formula is C13H27Cl2N3O. The topological polar surface area (TPSA) is 44.4 Å². The third-order valence-corrected chi connectivity index (χ3v) is 4.07. The molecule has 2 rings (SSSR count). The summed E-state index contributed by atoms with van der Waals surface area (Å²) < 4.78 is 0. The van der Waals surface area contributed by atoms with Crippen molar-refractivity contribution in [3.63, 3.8) is 0 Å². The lowest BCUT2D eigenvalue weighted by Crippen LogP contribution is -2.43. The number of rotatable bonds is 6. The van der Waals surface area contributed by atoms with Gasteiger partial charge in [0.05, 0.1) is 5.41 Å². The third kappa shape index (κ3) is 5.10. The zero-order chi connectivity index (χ0) is 12.3. The number of likely N-dealkylation sites (N-methyl/N-ethyl adjacent to an activating group) is 1. The van der Waals surface area contributed by atoms with Crippen LogP contribution < -0.4 is 10.6 Å². The van der Waals surface area contributed by atoms with Crippen LogP contribution in [0, 0.1) is 5.41 Å². The number of nitrogens with zero attached hydrogens (tertiary/aromatic N) is 1. The van der Waals surface area contributed by atoms with Gasteiger partial charge in [-0.1, -0.05) is 6.92 Å². The van der Waals surface area contributed by atoms with Crippen molar-refractivity contribution in [1.29, 1.82) is 0 Å². The molecule has 0 radical (unpaired) electrons. The summed E-state index contributed by atoms with van der Waals surface area (Å²) in [6.07, 6.45) is 3.63. The molecule has 0 aromatic rings. The normalized spacial score (nSPS) is 25.6. The number of amides is 1. The van der Waals surface area contributed by atoms with E-state index in [0.29, 0.717) is 0 Å². The Morgan fingerprint density at radius 1 is 1.42 bits per heavy atom. The van der Waals surface area contributed by atoms with Gasteiger partial charge < -0.3 is 10.6 Å². The van der Waals surface area contributed by atoms with E-state index >= 15 is 0 Å². The molecule has 1 atom stereocenters. The zero-order valence-corrected chi connectivity index (χ0v) is 13.5. The van der Waals surface area contributed by atoms with Crippen LogP contribution in [0.1, 0.15) is 33.1 Å². The molecule has 6 heteroatoms. The van der Waals surface area contributed by atoms with E-state index in [1.54, 1.807) is 0 Å². The van der Waals surface area contributed by atoms with Crippen LogP contribution in [0.5, 0.6) is 0 Å². The lowest BCUT2D eigenvalue weighted by atomic mass is 9.89. The van der Waals surface area contributed by atoms with Crippen molar-refractivity contribution in [1.82, 2.24) is 15.5 Å². The van der Waals surface area contributed by atoms with Crippen LogP contribution in [-0.4, -0.2) is 49.6 Å². The fourth-order valence-electron chi connectivity index (χ4n) is 2.58. The SMILES string of the molecule is CCN(CCNC(=O)C1(C)CCNC1)C1CC1.Cl.Cl. The van der Waals surface area contributed by atoms with Gasteiger partial charge in [-0.05, 0) is 39.3 Å². The molecule has 19 heavy (non-hydrogen) atoms. The second kappa shape index (κ2) is 8.30. The third-order valence-electron chi connectivity index (χ3n) is 4.07. The van der Waals surface area contributed by atoms with Crippen molar-refractivity contribution >= 4 is 30.7 Å². The second-order valence-electron chi connectivity index (χ2n) is 5.60. The van der Waals surface area contributed by atoms with E-state index in [4.69, 9.17) is 0 Å². The van der Waals surface area contributed by atoms with Gasteiger partial charge in [-0.25, -0.2) is 0 Å². The first-order valence-corrected chi connectivity index (χ1v) is 6.89. The maximum Gasteiger partial charge on any atom is 0.227 e. The molecule has 1 amide bonds. The van der Waals surface area contributed by atoms with Crippen LogP contribution in [0.2, 0.25) is 0 Å². The standard InChI is InChI=1S/C13H25N3O.2ClH/c1-3-16(11-4-5-11)9-8-15-12(17)13(2)6-7-14-10-13;;/h11,14H,3-10H2,1-2H3,(H,15,17);2*1H. The first-order valence-electron chi connectivity index (χ1n) is 6.89. The molecule has 1 unspecified atom stereocenters. The van der Waals surface area contributed by atoms with Crippen molar-refractivity contribution in [2.24, 2.45) is 5.41 Å². The average molecular weight is 312 g/mol. The molecule has 1 saturated heterocycles. The maximum atomic E-state index is 12.1. The Balaban J connectivity index is 0.00000162. The Labute approximate surface area is 128 Å². The largest absolute Gasteiger partial charge is 0.354 e. The fraction of sp³-hybridized carbons (Fsp3) is 0.923. The number of carbonyl (C=O) groups excluding carboxylic acids is 1. The van der Waals surface area contributed by atoms with Gasteiger partial charge in [0.2, 0.25) is 5.91 Å². The second-order valence-corrected chi connectivity index (χ2v) is 5.60. The van der Waals surface area contributed by atoms with Crippen molar-refractivity contribution < 1.29 is 4.79 Å². The Bertz CT molecular complexity index is 279. The van der Waals surface area contributed by atoms with E-state index in [1.165, 1.54) is 12.8 Å². The predicted molar refractivity (Wildman–Crippen MR) is 83.4 cm³/mol. The minimum Gasteiger partial charge on any atom is -0.354 e. The molecule has 1 saturated carbocycles. The van der Waals surface area contributed by atoms with Crippen molar-refractivity contribution in [2.45, 2.75) is 39.2 Å². The lowest BCUT2D eigenvalue weighted by Gasteiger charge is -2.24. The van der Waals surface area contributed by atoms with Crippen molar-refractivity contribution in [2.75, 3.05) is 32.7 Å². The van der Waals surface area contributed by atoms with Gasteiger partial charge in [0.15, 0.2) is 0 Å². The molecular weight excluding hydrogens is 285 g/mol. The van der Waals surface area contributed by atoms with Crippen LogP contribution in [0.25, 0.3) is 0 Å². The molecule has 1 aliphatic carbocycles. The van der Waals surface area contributed by atoms with E-state index < -0.39 is 0 Å². The van der Waals surface area contributed by atoms with E-state index in [9.17, 15) is 4.79 Å². The van der Waals surface area contributed by atoms with Crippen molar-refractivity contribution in [3.8, 4) is 0 Å². The molecule has 1 heterocycles.